The highest BCUT2D eigenvalue weighted by Gasteiger charge is 2.11. The number of rotatable bonds is 5. The highest BCUT2D eigenvalue weighted by Crippen LogP contribution is 2.28. The van der Waals surface area contributed by atoms with Crippen molar-refractivity contribution in [3.8, 4) is 11.6 Å². The molecule has 7 nitrogen and oxygen atoms in total. The van der Waals surface area contributed by atoms with Gasteiger partial charge in [0.2, 0.25) is 11.8 Å². The number of nitrogens with one attached hydrogen (secondary N) is 1. The molecule has 21 heavy (non-hydrogen) atoms. The number of ether oxygens (including phenoxy) is 1. The van der Waals surface area contributed by atoms with Crippen LogP contribution in [0.2, 0.25) is 0 Å². The van der Waals surface area contributed by atoms with Gasteiger partial charge < -0.3 is 10.1 Å². The summed E-state index contributed by atoms with van der Waals surface area (Å²) in [4.78, 5) is 18.8. The number of hydrogen-bond donors (Lipinski definition) is 1. The smallest absolute Gasteiger partial charge is 0.273 e. The summed E-state index contributed by atoms with van der Waals surface area (Å²) in [7, 11) is 0. The SMILES string of the molecule is CCNc1nc(C)cc(Oc2cc([N+](=O)[O-])ccc2C)n1. The number of anilines is 1. The molecule has 7 heteroatoms. The van der Waals surface area contributed by atoms with Gasteiger partial charge in [-0.1, -0.05) is 0 Å². The lowest BCUT2D eigenvalue weighted by atomic mass is 10.2. The molecule has 0 aliphatic heterocycles. The first-order valence-corrected chi connectivity index (χ1v) is 6.52. The Morgan fingerprint density at radius 1 is 1.29 bits per heavy atom. The number of nitrogens with zero attached hydrogens (tertiary/aromatic N) is 3. The molecule has 1 heterocycles. The number of benzene rings is 1. The maximum Gasteiger partial charge on any atom is 0.273 e. The number of non-ortho nitro benzene ring substituents is 1. The minimum absolute atomic E-state index is 0.0201. The molecule has 2 rings (SSSR count). The van der Waals surface area contributed by atoms with Crippen LogP contribution in [0.3, 0.4) is 0 Å². The molecular weight excluding hydrogens is 272 g/mol. The van der Waals surface area contributed by atoms with E-state index in [0.717, 1.165) is 11.3 Å². The van der Waals surface area contributed by atoms with Crippen LogP contribution < -0.4 is 10.1 Å². The Bertz CT molecular complexity index is 673. The Morgan fingerprint density at radius 2 is 2.05 bits per heavy atom. The molecule has 0 unspecified atom stereocenters. The third kappa shape index (κ3) is 3.65. The van der Waals surface area contributed by atoms with Crippen molar-refractivity contribution < 1.29 is 9.66 Å². The van der Waals surface area contributed by atoms with Crippen LogP contribution in [0, 0.1) is 24.0 Å². The van der Waals surface area contributed by atoms with Crippen LogP contribution in [-0.4, -0.2) is 21.4 Å². The van der Waals surface area contributed by atoms with Gasteiger partial charge >= 0.3 is 0 Å². The first-order valence-electron chi connectivity index (χ1n) is 6.52. The zero-order chi connectivity index (χ0) is 15.4. The molecule has 0 radical (unpaired) electrons. The number of hydrogen-bond acceptors (Lipinski definition) is 6. The predicted molar refractivity (Wildman–Crippen MR) is 78.8 cm³/mol. The Balaban J connectivity index is 2.33. The van der Waals surface area contributed by atoms with Crippen LogP contribution >= 0.6 is 0 Å². The van der Waals surface area contributed by atoms with Gasteiger partial charge in [0.25, 0.3) is 5.69 Å². The maximum atomic E-state index is 10.8. The molecule has 0 aliphatic rings. The average molecular weight is 288 g/mol. The van der Waals surface area contributed by atoms with Gasteiger partial charge in [-0.25, -0.2) is 4.98 Å². The third-order valence-electron chi connectivity index (χ3n) is 2.76. The van der Waals surface area contributed by atoms with Crippen molar-refractivity contribution in [2.24, 2.45) is 0 Å². The molecule has 110 valence electrons. The molecule has 1 aromatic carbocycles. The second-order valence-corrected chi connectivity index (χ2v) is 4.51. The molecule has 0 saturated heterocycles. The van der Waals surface area contributed by atoms with Gasteiger partial charge in [-0.3, -0.25) is 10.1 Å². The third-order valence-corrected chi connectivity index (χ3v) is 2.76. The van der Waals surface area contributed by atoms with Crippen molar-refractivity contribution in [3.63, 3.8) is 0 Å². The Labute approximate surface area is 122 Å². The van der Waals surface area contributed by atoms with Gasteiger partial charge in [0.1, 0.15) is 5.75 Å². The molecule has 0 saturated carbocycles. The van der Waals surface area contributed by atoms with E-state index >= 15 is 0 Å². The zero-order valence-electron chi connectivity index (χ0n) is 12.1. The first kappa shape index (κ1) is 14.7. The molecule has 0 aliphatic carbocycles. The summed E-state index contributed by atoms with van der Waals surface area (Å²) >= 11 is 0. The maximum absolute atomic E-state index is 10.8. The number of nitro groups is 1. The molecule has 1 aromatic heterocycles. The van der Waals surface area contributed by atoms with Crippen LogP contribution in [0.5, 0.6) is 11.6 Å². The van der Waals surface area contributed by atoms with Crippen LogP contribution in [0.25, 0.3) is 0 Å². The topological polar surface area (TPSA) is 90.2 Å². The molecule has 0 bridgehead atoms. The van der Waals surface area contributed by atoms with Crippen molar-refractivity contribution in [1.29, 1.82) is 0 Å². The van der Waals surface area contributed by atoms with Crippen LogP contribution in [0.1, 0.15) is 18.2 Å². The number of aromatic nitrogens is 2. The fourth-order valence-corrected chi connectivity index (χ4v) is 1.75. The summed E-state index contributed by atoms with van der Waals surface area (Å²) in [6.07, 6.45) is 0. The summed E-state index contributed by atoms with van der Waals surface area (Å²) in [6, 6.07) is 6.16. The average Bonchev–Trinajstić information content (AvgIpc) is 2.40. The zero-order valence-corrected chi connectivity index (χ0v) is 12.1. The molecule has 0 amide bonds. The second-order valence-electron chi connectivity index (χ2n) is 4.51. The number of nitro benzene ring substituents is 1. The van der Waals surface area contributed by atoms with E-state index in [-0.39, 0.29) is 5.69 Å². The molecule has 0 fully saturated rings. The lowest BCUT2D eigenvalue weighted by molar-refractivity contribution is -0.384. The Morgan fingerprint density at radius 3 is 2.71 bits per heavy atom. The quantitative estimate of drug-likeness (QED) is 0.671. The van der Waals surface area contributed by atoms with Crippen LogP contribution in [-0.2, 0) is 0 Å². The van der Waals surface area contributed by atoms with Gasteiger partial charge in [0, 0.05) is 24.4 Å². The fraction of sp³-hybridized carbons (Fsp3) is 0.286. The van der Waals surface area contributed by atoms with Crippen molar-refractivity contribution in [3.05, 3.63) is 45.6 Å². The van der Waals surface area contributed by atoms with E-state index < -0.39 is 4.92 Å². The van der Waals surface area contributed by atoms with Crippen molar-refractivity contribution in [2.45, 2.75) is 20.8 Å². The predicted octanol–water partition coefficient (Wildman–Crippen LogP) is 3.23. The molecule has 0 atom stereocenters. The summed E-state index contributed by atoms with van der Waals surface area (Å²) in [5.41, 5.74) is 1.52. The minimum atomic E-state index is -0.457. The molecular formula is C14H16N4O3. The lowest BCUT2D eigenvalue weighted by Gasteiger charge is -2.10. The summed E-state index contributed by atoms with van der Waals surface area (Å²) < 4.78 is 5.67. The Hall–Kier alpha value is -2.70. The van der Waals surface area contributed by atoms with Gasteiger partial charge in [0.05, 0.1) is 11.0 Å². The van der Waals surface area contributed by atoms with E-state index in [2.05, 4.69) is 15.3 Å². The molecule has 2 aromatic rings. The van der Waals surface area contributed by atoms with Gasteiger partial charge in [0.15, 0.2) is 0 Å². The monoisotopic (exact) mass is 288 g/mol. The van der Waals surface area contributed by atoms with Crippen LogP contribution in [0.15, 0.2) is 24.3 Å². The first-order chi connectivity index (χ1) is 9.99. The molecule has 1 N–H and O–H groups in total. The minimum Gasteiger partial charge on any atom is -0.438 e. The van der Waals surface area contributed by atoms with E-state index in [1.54, 1.807) is 12.1 Å². The lowest BCUT2D eigenvalue weighted by Crippen LogP contribution is -2.04. The second kappa shape index (κ2) is 6.17. The van der Waals surface area contributed by atoms with E-state index in [4.69, 9.17) is 4.74 Å². The van der Waals surface area contributed by atoms with Crippen LogP contribution in [0.4, 0.5) is 11.6 Å². The normalized spacial score (nSPS) is 10.2. The van der Waals surface area contributed by atoms with E-state index in [9.17, 15) is 10.1 Å². The largest absolute Gasteiger partial charge is 0.438 e. The van der Waals surface area contributed by atoms with E-state index in [1.165, 1.54) is 12.1 Å². The fourth-order valence-electron chi connectivity index (χ4n) is 1.75. The standard InChI is InChI=1S/C14H16N4O3/c1-4-15-14-16-10(3)7-13(17-14)21-12-8-11(18(19)20)6-5-9(12)2/h5-8H,4H2,1-3H3,(H,15,16,17). The van der Waals surface area contributed by atoms with E-state index in [1.807, 2.05) is 20.8 Å². The highest BCUT2D eigenvalue weighted by atomic mass is 16.6. The van der Waals surface area contributed by atoms with Crippen molar-refractivity contribution >= 4 is 11.6 Å². The van der Waals surface area contributed by atoms with Crippen molar-refractivity contribution in [1.82, 2.24) is 9.97 Å². The van der Waals surface area contributed by atoms with Gasteiger partial charge in [-0.15, -0.1) is 0 Å². The van der Waals surface area contributed by atoms with E-state index in [0.29, 0.717) is 24.1 Å². The highest BCUT2D eigenvalue weighted by molar-refractivity contribution is 5.45. The summed E-state index contributed by atoms with van der Waals surface area (Å²) in [5, 5.41) is 13.8. The van der Waals surface area contributed by atoms with Crippen molar-refractivity contribution in [2.75, 3.05) is 11.9 Å². The Kier molecular flexibility index (Phi) is 4.32. The van der Waals surface area contributed by atoms with Gasteiger partial charge in [-0.05, 0) is 32.4 Å². The summed E-state index contributed by atoms with van der Waals surface area (Å²) in [6.45, 7) is 6.28. The molecule has 0 spiro atoms. The summed E-state index contributed by atoms with van der Waals surface area (Å²) in [5.74, 6) is 1.22. The van der Waals surface area contributed by atoms with Gasteiger partial charge in [-0.2, -0.15) is 4.98 Å². The number of aryl methyl sites for hydroxylation is 2.